The molecule has 12 nitrogen and oxygen atoms in total. The molecule has 2 aliphatic heterocycles. The average Bonchev–Trinajstić information content (AvgIpc) is 3.65. The van der Waals surface area contributed by atoms with Gasteiger partial charge in [0.2, 0.25) is 11.7 Å². The van der Waals surface area contributed by atoms with Gasteiger partial charge in [0.05, 0.1) is 29.5 Å². The van der Waals surface area contributed by atoms with Gasteiger partial charge in [-0.2, -0.15) is 22.7 Å². The van der Waals surface area contributed by atoms with Crippen molar-refractivity contribution in [2.75, 3.05) is 25.1 Å². The number of ether oxygens (including phenoxy) is 1. The third-order valence-corrected chi connectivity index (χ3v) is 11.3. The van der Waals surface area contributed by atoms with Gasteiger partial charge in [-0.1, -0.05) is 24.6 Å². The van der Waals surface area contributed by atoms with Gasteiger partial charge in [-0.25, -0.2) is 4.98 Å². The Hall–Kier alpha value is -4.76. The predicted octanol–water partition coefficient (Wildman–Crippen LogP) is 5.18. The first-order valence-corrected chi connectivity index (χ1v) is 17.2. The topological polar surface area (TPSA) is 144 Å². The molecular weight excluding hydrogens is 691 g/mol. The molecule has 2 N–H and O–H groups in total. The zero-order chi connectivity index (χ0) is 35.8. The van der Waals surface area contributed by atoms with Crippen molar-refractivity contribution in [3.8, 4) is 5.75 Å². The van der Waals surface area contributed by atoms with Gasteiger partial charge in [0, 0.05) is 35.5 Å². The van der Waals surface area contributed by atoms with Crippen molar-refractivity contribution in [1.82, 2.24) is 29.0 Å². The number of nitrogens with zero attached hydrogens (tertiary/aromatic N) is 6. The van der Waals surface area contributed by atoms with Gasteiger partial charge < -0.3 is 24.6 Å². The Labute approximate surface area is 293 Å². The lowest BCUT2D eigenvalue weighted by Gasteiger charge is -2.57. The van der Waals surface area contributed by atoms with Gasteiger partial charge in [0.25, 0.3) is 11.5 Å². The number of benzene rings is 1. The number of amides is 2. The Morgan fingerprint density at radius 1 is 1.22 bits per heavy atom. The SMILES string of the molecule is CC1C[C@]2(CCN(C(=O)c3ncccc3O)[C@H]3CC[C@H]32)c2c1n(CC(=O)Nc1ccc(C(F)(F)F)cc1Cl)c1nc(C3=CCOCC3)nn1c2=O. The minimum atomic E-state index is -4.60. The van der Waals surface area contributed by atoms with Crippen molar-refractivity contribution in [2.45, 2.75) is 69.1 Å². The fraction of sp³-hybridized carbons (Fsp3) is 0.429. The molecule has 2 aliphatic carbocycles. The van der Waals surface area contributed by atoms with Crippen LogP contribution in [-0.4, -0.2) is 71.8 Å². The Morgan fingerprint density at radius 3 is 2.73 bits per heavy atom. The summed E-state index contributed by atoms with van der Waals surface area (Å²) in [5, 5.41) is 17.4. The molecule has 2 amide bonds. The number of carbonyl (C=O) groups is 2. The second kappa shape index (κ2) is 12.2. The number of anilines is 1. The first-order valence-electron chi connectivity index (χ1n) is 16.8. The first kappa shape index (κ1) is 33.4. The first-order chi connectivity index (χ1) is 24.4. The number of carbonyl (C=O) groups excluding carboxylic acids is 2. The van der Waals surface area contributed by atoms with E-state index < -0.39 is 23.1 Å². The predicted molar refractivity (Wildman–Crippen MR) is 179 cm³/mol. The monoisotopic (exact) mass is 723 g/mol. The van der Waals surface area contributed by atoms with Crippen molar-refractivity contribution in [1.29, 1.82) is 0 Å². The van der Waals surface area contributed by atoms with Crippen molar-refractivity contribution in [2.24, 2.45) is 5.92 Å². The molecule has 4 atom stereocenters. The molecule has 2 fully saturated rings. The highest BCUT2D eigenvalue weighted by Gasteiger charge is 2.60. The Bertz CT molecular complexity index is 2200. The minimum Gasteiger partial charge on any atom is -0.505 e. The van der Waals surface area contributed by atoms with E-state index in [1.807, 2.05) is 13.0 Å². The Balaban J connectivity index is 1.20. The zero-order valence-corrected chi connectivity index (χ0v) is 28.2. The summed E-state index contributed by atoms with van der Waals surface area (Å²) in [6.07, 6.45) is 1.83. The largest absolute Gasteiger partial charge is 0.505 e. The number of pyridine rings is 1. The maximum atomic E-state index is 14.6. The van der Waals surface area contributed by atoms with Gasteiger partial charge in [-0.3, -0.25) is 14.4 Å². The second-order valence-corrected chi connectivity index (χ2v) is 14.1. The van der Waals surface area contributed by atoms with E-state index in [9.17, 15) is 32.7 Å². The van der Waals surface area contributed by atoms with E-state index in [2.05, 4.69) is 15.4 Å². The van der Waals surface area contributed by atoms with Crippen LogP contribution in [0.3, 0.4) is 0 Å². The summed E-state index contributed by atoms with van der Waals surface area (Å²) in [6.45, 7) is 2.85. The maximum Gasteiger partial charge on any atom is 0.416 e. The van der Waals surface area contributed by atoms with Crippen molar-refractivity contribution in [3.05, 3.63) is 86.3 Å². The molecule has 3 aromatic heterocycles. The van der Waals surface area contributed by atoms with Crippen LogP contribution >= 0.6 is 11.6 Å². The number of rotatable bonds is 5. The molecule has 16 heteroatoms. The fourth-order valence-corrected chi connectivity index (χ4v) is 8.86. The Morgan fingerprint density at radius 2 is 2.04 bits per heavy atom. The van der Waals surface area contributed by atoms with Crippen LogP contribution < -0.4 is 10.9 Å². The average molecular weight is 724 g/mol. The molecule has 51 heavy (non-hydrogen) atoms. The summed E-state index contributed by atoms with van der Waals surface area (Å²) < 4.78 is 48.2. The summed E-state index contributed by atoms with van der Waals surface area (Å²) in [7, 11) is 0. The summed E-state index contributed by atoms with van der Waals surface area (Å²) in [6, 6.07) is 5.51. The van der Waals surface area contributed by atoms with Gasteiger partial charge in [-0.05, 0) is 79.8 Å². The third kappa shape index (κ3) is 5.39. The number of nitrogens with one attached hydrogen (secondary N) is 1. The third-order valence-electron chi connectivity index (χ3n) is 10.9. The molecule has 0 radical (unpaired) electrons. The number of hydrogen-bond donors (Lipinski definition) is 2. The summed E-state index contributed by atoms with van der Waals surface area (Å²) >= 11 is 6.17. The van der Waals surface area contributed by atoms with E-state index in [0.717, 1.165) is 36.6 Å². The van der Waals surface area contributed by atoms with Crippen molar-refractivity contribution >= 4 is 40.5 Å². The number of aromatic hydroxyl groups is 1. The number of fused-ring (bicyclic) bond motifs is 5. The fourth-order valence-electron chi connectivity index (χ4n) is 8.63. The lowest BCUT2D eigenvalue weighted by atomic mass is 9.55. The lowest BCUT2D eigenvalue weighted by Crippen LogP contribution is -2.63. The highest BCUT2D eigenvalue weighted by molar-refractivity contribution is 6.33. The van der Waals surface area contributed by atoms with E-state index in [0.29, 0.717) is 56.1 Å². The quantitative estimate of drug-likeness (QED) is 0.287. The van der Waals surface area contributed by atoms with Crippen LogP contribution in [0.2, 0.25) is 5.02 Å². The zero-order valence-electron chi connectivity index (χ0n) is 27.4. The molecule has 1 spiro atoms. The van der Waals surface area contributed by atoms with E-state index in [1.54, 1.807) is 15.5 Å². The van der Waals surface area contributed by atoms with Crippen molar-refractivity contribution in [3.63, 3.8) is 0 Å². The van der Waals surface area contributed by atoms with Gasteiger partial charge >= 0.3 is 6.18 Å². The molecule has 1 saturated heterocycles. The molecular formula is C35H33ClF3N7O5. The number of piperidine rings is 1. The molecule has 1 saturated carbocycles. The molecule has 266 valence electrons. The lowest BCUT2D eigenvalue weighted by molar-refractivity contribution is -0.137. The van der Waals surface area contributed by atoms with Crippen LogP contribution in [0.5, 0.6) is 5.75 Å². The van der Waals surface area contributed by atoms with Gasteiger partial charge in [0.15, 0.2) is 11.5 Å². The number of halogens is 4. The van der Waals surface area contributed by atoms with Crippen molar-refractivity contribution < 1.29 is 32.6 Å². The molecule has 4 aromatic rings. The summed E-state index contributed by atoms with van der Waals surface area (Å²) in [4.78, 5) is 52.6. The van der Waals surface area contributed by atoms with Crippen LogP contribution in [-0.2, 0) is 27.7 Å². The standard InChI is InChI=1S/C35H33ClF3N7O5/c1-18-16-34(10-12-44(24-7-5-21(24)34)32(50)28-25(47)3-2-11-40-28)27-29(18)45(17-26(48)41-23-6-4-20(15-22(23)36)35(37,38)39)33-42-30(43-46(33)31(27)49)19-8-13-51-14-9-19/h2-4,6,8,11,15,18,21,24,47H,5,7,9-10,12-14,16-17H2,1H3,(H,41,48)/t18?,21-,24+,34+/m1/s1. The summed E-state index contributed by atoms with van der Waals surface area (Å²) in [5.74, 6) is -0.873. The van der Waals surface area contributed by atoms with E-state index in [-0.39, 0.29) is 63.8 Å². The smallest absolute Gasteiger partial charge is 0.416 e. The van der Waals surface area contributed by atoms with Crippen LogP contribution in [0.1, 0.15) is 78.1 Å². The number of alkyl halides is 3. The molecule has 8 rings (SSSR count). The molecule has 5 heterocycles. The van der Waals surface area contributed by atoms with E-state index in [1.165, 1.54) is 16.8 Å². The number of hydrogen-bond acceptors (Lipinski definition) is 8. The molecule has 4 aliphatic rings. The van der Waals surface area contributed by atoms with Gasteiger partial charge in [0.1, 0.15) is 12.3 Å². The van der Waals surface area contributed by atoms with Crippen LogP contribution in [0, 0.1) is 5.92 Å². The molecule has 1 unspecified atom stereocenters. The van der Waals surface area contributed by atoms with Crippen LogP contribution in [0.25, 0.3) is 11.4 Å². The van der Waals surface area contributed by atoms with Crippen LogP contribution in [0.4, 0.5) is 18.9 Å². The van der Waals surface area contributed by atoms with E-state index >= 15 is 0 Å². The van der Waals surface area contributed by atoms with Gasteiger partial charge in [-0.15, -0.1) is 5.10 Å². The number of likely N-dealkylation sites (tertiary alicyclic amines) is 1. The maximum absolute atomic E-state index is 14.6. The highest BCUT2D eigenvalue weighted by atomic mass is 35.5. The highest BCUT2D eigenvalue weighted by Crippen LogP contribution is 2.59. The van der Waals surface area contributed by atoms with Crippen LogP contribution in [0.15, 0.2) is 47.4 Å². The minimum absolute atomic E-state index is 0.00991. The Kier molecular flexibility index (Phi) is 7.98. The molecule has 1 aromatic carbocycles. The summed E-state index contributed by atoms with van der Waals surface area (Å²) in [5.41, 5.74) is 0.106. The second-order valence-electron chi connectivity index (χ2n) is 13.7. The van der Waals surface area contributed by atoms with E-state index in [4.69, 9.17) is 21.3 Å². The number of aromatic nitrogens is 5. The normalized spacial score (nSPS) is 24.2. The molecule has 0 bridgehead atoms.